The van der Waals surface area contributed by atoms with Gasteiger partial charge < -0.3 is 15.5 Å². The molecule has 2 heterocycles. The lowest BCUT2D eigenvalue weighted by atomic mass is 10.0. The molecule has 2 N–H and O–H groups in total. The summed E-state index contributed by atoms with van der Waals surface area (Å²) < 4.78 is 1.89. The summed E-state index contributed by atoms with van der Waals surface area (Å²) in [6.45, 7) is 12.4. The van der Waals surface area contributed by atoms with Crippen LogP contribution in [0, 0.1) is 0 Å². The normalized spacial score (nSPS) is 18.2. The molecular formula is C23H37IN6. The van der Waals surface area contributed by atoms with Crippen molar-refractivity contribution in [3.8, 4) is 0 Å². The Balaban J connectivity index is 0.00000320. The van der Waals surface area contributed by atoms with E-state index < -0.39 is 0 Å². The largest absolute Gasteiger partial charge is 0.357 e. The van der Waals surface area contributed by atoms with Gasteiger partial charge >= 0.3 is 0 Å². The number of hydrogen-bond acceptors (Lipinski definition) is 3. The predicted octanol–water partition coefficient (Wildman–Crippen LogP) is 3.92. The molecule has 3 rings (SSSR count). The van der Waals surface area contributed by atoms with Gasteiger partial charge in [0.15, 0.2) is 5.96 Å². The average Bonchev–Trinajstić information content (AvgIpc) is 3.34. The lowest BCUT2D eigenvalue weighted by Gasteiger charge is -2.30. The third kappa shape index (κ3) is 6.70. The predicted molar refractivity (Wildman–Crippen MR) is 136 cm³/mol. The number of aromatic nitrogens is 2. The maximum Gasteiger partial charge on any atom is 0.194 e. The van der Waals surface area contributed by atoms with Crippen molar-refractivity contribution in [2.24, 2.45) is 12.0 Å². The minimum Gasteiger partial charge on any atom is -0.357 e. The van der Waals surface area contributed by atoms with Crippen molar-refractivity contribution < 1.29 is 0 Å². The number of benzene rings is 1. The number of aryl methyl sites for hydroxylation is 1. The van der Waals surface area contributed by atoms with E-state index in [0.29, 0.717) is 5.92 Å². The van der Waals surface area contributed by atoms with Crippen LogP contribution < -0.4 is 10.6 Å². The summed E-state index contributed by atoms with van der Waals surface area (Å²) in [5.74, 6) is 1.54. The Morgan fingerprint density at radius 3 is 2.67 bits per heavy atom. The Morgan fingerprint density at radius 1 is 1.30 bits per heavy atom. The molecule has 2 aromatic rings. The Morgan fingerprint density at radius 2 is 2.03 bits per heavy atom. The van der Waals surface area contributed by atoms with Crippen molar-refractivity contribution in [1.82, 2.24) is 25.3 Å². The molecule has 0 saturated carbocycles. The van der Waals surface area contributed by atoms with Crippen LogP contribution in [0.25, 0.3) is 0 Å². The van der Waals surface area contributed by atoms with E-state index in [4.69, 9.17) is 4.99 Å². The second kappa shape index (κ2) is 11.1. The van der Waals surface area contributed by atoms with Crippen molar-refractivity contribution in [2.75, 3.05) is 26.2 Å². The molecule has 1 fully saturated rings. The number of aliphatic imine (C=N–C) groups is 1. The molecule has 1 aromatic heterocycles. The summed E-state index contributed by atoms with van der Waals surface area (Å²) in [5.41, 5.74) is 2.53. The van der Waals surface area contributed by atoms with Crippen LogP contribution in [0.3, 0.4) is 0 Å². The molecule has 0 bridgehead atoms. The molecule has 1 aliphatic heterocycles. The van der Waals surface area contributed by atoms with E-state index in [-0.39, 0.29) is 35.6 Å². The number of halogens is 1. The minimum absolute atomic E-state index is 0. The zero-order valence-electron chi connectivity index (χ0n) is 18.9. The molecule has 166 valence electrons. The second-order valence-corrected chi connectivity index (χ2v) is 8.71. The van der Waals surface area contributed by atoms with E-state index in [1.165, 1.54) is 11.1 Å². The lowest BCUT2D eigenvalue weighted by molar-refractivity contribution is 0.354. The Bertz CT molecular complexity index is 801. The highest BCUT2D eigenvalue weighted by Gasteiger charge is 2.28. The first-order valence-corrected chi connectivity index (χ1v) is 10.7. The SMILES string of the molecule is CCNC(=NCC(C)(C)NC(C)c1ccccc1)N1CCC(c2cnn(C)c2)C1.I. The molecule has 0 amide bonds. The van der Waals surface area contributed by atoms with Crippen LogP contribution in [0.4, 0.5) is 0 Å². The van der Waals surface area contributed by atoms with Gasteiger partial charge in [0, 0.05) is 50.4 Å². The third-order valence-corrected chi connectivity index (χ3v) is 5.55. The van der Waals surface area contributed by atoms with Crippen LogP contribution in [-0.2, 0) is 7.05 Å². The summed E-state index contributed by atoms with van der Waals surface area (Å²) in [4.78, 5) is 7.38. The number of likely N-dealkylation sites (tertiary alicyclic amines) is 1. The smallest absolute Gasteiger partial charge is 0.194 e. The zero-order chi connectivity index (χ0) is 20.9. The summed E-state index contributed by atoms with van der Waals surface area (Å²) in [7, 11) is 1.98. The highest BCUT2D eigenvalue weighted by molar-refractivity contribution is 14.0. The van der Waals surface area contributed by atoms with Crippen LogP contribution in [0.2, 0.25) is 0 Å². The van der Waals surface area contributed by atoms with Crippen LogP contribution >= 0.6 is 24.0 Å². The number of guanidine groups is 1. The van der Waals surface area contributed by atoms with Gasteiger partial charge in [-0.15, -0.1) is 24.0 Å². The summed E-state index contributed by atoms with van der Waals surface area (Å²) in [6.07, 6.45) is 5.27. The molecule has 30 heavy (non-hydrogen) atoms. The van der Waals surface area contributed by atoms with Gasteiger partial charge in [-0.25, -0.2) is 0 Å². The van der Waals surface area contributed by atoms with Crippen LogP contribution in [-0.4, -0.2) is 52.4 Å². The monoisotopic (exact) mass is 524 g/mol. The second-order valence-electron chi connectivity index (χ2n) is 8.71. The minimum atomic E-state index is -0.0988. The van der Waals surface area contributed by atoms with Gasteiger partial charge in [-0.3, -0.25) is 9.67 Å². The fourth-order valence-electron chi connectivity index (χ4n) is 4.03. The van der Waals surface area contributed by atoms with Crippen molar-refractivity contribution in [1.29, 1.82) is 0 Å². The molecule has 0 spiro atoms. The topological polar surface area (TPSA) is 57.5 Å². The number of hydrogen-bond donors (Lipinski definition) is 2. The number of nitrogens with zero attached hydrogens (tertiary/aromatic N) is 4. The Kier molecular flexibility index (Phi) is 9.15. The van der Waals surface area contributed by atoms with Crippen LogP contribution in [0.1, 0.15) is 57.2 Å². The zero-order valence-corrected chi connectivity index (χ0v) is 21.3. The molecule has 1 saturated heterocycles. The van der Waals surface area contributed by atoms with E-state index in [1.807, 2.05) is 17.9 Å². The molecule has 6 nitrogen and oxygen atoms in total. The van der Waals surface area contributed by atoms with Gasteiger partial charge in [-0.1, -0.05) is 30.3 Å². The molecule has 2 unspecified atom stereocenters. The standard InChI is InChI=1S/C23H36N6.HI/c1-6-24-22(29-13-12-20(16-29)21-14-26-28(5)15-21)25-17-23(3,4)27-18(2)19-10-8-7-9-11-19;/h7-11,14-15,18,20,27H,6,12-13,16-17H2,1-5H3,(H,24,25);1H. The Hall–Kier alpha value is -1.61. The van der Waals surface area contributed by atoms with Crippen LogP contribution in [0.15, 0.2) is 47.7 Å². The number of rotatable bonds is 7. The molecule has 0 aliphatic carbocycles. The summed E-state index contributed by atoms with van der Waals surface area (Å²) in [6, 6.07) is 10.9. The van der Waals surface area contributed by atoms with Gasteiger partial charge in [0.25, 0.3) is 0 Å². The van der Waals surface area contributed by atoms with Gasteiger partial charge in [-0.05, 0) is 45.2 Å². The first-order chi connectivity index (χ1) is 13.9. The van der Waals surface area contributed by atoms with E-state index in [2.05, 4.69) is 84.9 Å². The van der Waals surface area contributed by atoms with Gasteiger partial charge in [0.1, 0.15) is 0 Å². The van der Waals surface area contributed by atoms with E-state index in [1.54, 1.807) is 0 Å². The van der Waals surface area contributed by atoms with Crippen molar-refractivity contribution >= 4 is 29.9 Å². The maximum absolute atomic E-state index is 5.00. The molecular weight excluding hydrogens is 487 g/mol. The number of nitrogens with one attached hydrogen (secondary N) is 2. The van der Waals surface area contributed by atoms with Gasteiger partial charge in [-0.2, -0.15) is 5.10 Å². The van der Waals surface area contributed by atoms with Crippen molar-refractivity contribution in [3.05, 3.63) is 53.9 Å². The van der Waals surface area contributed by atoms with Gasteiger partial charge in [0.2, 0.25) is 0 Å². The highest BCUT2D eigenvalue weighted by atomic mass is 127. The fourth-order valence-corrected chi connectivity index (χ4v) is 4.03. The highest BCUT2D eigenvalue weighted by Crippen LogP contribution is 2.26. The van der Waals surface area contributed by atoms with Gasteiger partial charge in [0.05, 0.1) is 12.7 Å². The van der Waals surface area contributed by atoms with Crippen molar-refractivity contribution in [3.63, 3.8) is 0 Å². The Labute approximate surface area is 198 Å². The first kappa shape index (κ1) is 24.7. The molecule has 1 aromatic carbocycles. The lowest BCUT2D eigenvalue weighted by Crippen LogP contribution is -2.46. The quantitative estimate of drug-likeness (QED) is 0.328. The molecule has 1 aliphatic rings. The van der Waals surface area contributed by atoms with Crippen LogP contribution in [0.5, 0.6) is 0 Å². The third-order valence-electron chi connectivity index (χ3n) is 5.55. The van der Waals surface area contributed by atoms with E-state index in [0.717, 1.165) is 38.6 Å². The van der Waals surface area contributed by atoms with E-state index in [9.17, 15) is 0 Å². The summed E-state index contributed by atoms with van der Waals surface area (Å²) in [5, 5.41) is 11.6. The first-order valence-electron chi connectivity index (χ1n) is 10.7. The van der Waals surface area contributed by atoms with Crippen molar-refractivity contribution in [2.45, 2.75) is 51.6 Å². The fraction of sp³-hybridized carbons (Fsp3) is 0.565. The molecule has 7 heteroatoms. The maximum atomic E-state index is 5.00. The van der Waals surface area contributed by atoms with E-state index >= 15 is 0 Å². The average molecular weight is 524 g/mol. The molecule has 2 atom stereocenters. The molecule has 0 radical (unpaired) electrons. The summed E-state index contributed by atoms with van der Waals surface area (Å²) >= 11 is 0.